The molecule has 0 aliphatic rings. The Kier molecular flexibility index (Phi) is 7.10. The number of benzene rings is 7. The largest absolute Gasteiger partial charge is 0.456 e. The second-order valence-electron chi connectivity index (χ2n) is 12.0. The fourth-order valence-corrected chi connectivity index (χ4v) is 6.56. The summed E-state index contributed by atoms with van der Waals surface area (Å²) in [5.41, 5.74) is 11.4. The molecule has 0 aliphatic heterocycles. The van der Waals surface area contributed by atoms with Gasteiger partial charge in [-0.05, 0) is 45.5 Å². The molecule has 9 rings (SSSR count). The van der Waals surface area contributed by atoms with E-state index in [1.807, 2.05) is 60.7 Å². The highest BCUT2D eigenvalue weighted by molar-refractivity contribution is 6.12. The van der Waals surface area contributed by atoms with Crippen molar-refractivity contribution >= 4 is 21.9 Å². The van der Waals surface area contributed by atoms with Gasteiger partial charge in [0.05, 0.1) is 0 Å². The molecule has 7 aromatic carbocycles. The smallest absolute Gasteiger partial charge is 0.164 e. The summed E-state index contributed by atoms with van der Waals surface area (Å²) in [6, 6.07) is 60.4. The summed E-state index contributed by atoms with van der Waals surface area (Å²) in [6.45, 7) is 0. The molecule has 0 aliphatic carbocycles. The number of furan rings is 1. The van der Waals surface area contributed by atoms with Gasteiger partial charge in [0, 0.05) is 27.5 Å². The topological polar surface area (TPSA) is 51.8 Å². The van der Waals surface area contributed by atoms with Crippen molar-refractivity contribution in [2.45, 2.75) is 0 Å². The maximum atomic E-state index is 6.13. The van der Waals surface area contributed by atoms with Crippen molar-refractivity contribution in [1.29, 1.82) is 0 Å². The van der Waals surface area contributed by atoms with Gasteiger partial charge >= 0.3 is 0 Å². The Hall–Kier alpha value is -6.65. The number of nitrogens with zero attached hydrogens (tertiary/aromatic N) is 3. The van der Waals surface area contributed by atoms with Gasteiger partial charge in [-0.3, -0.25) is 0 Å². The third-order valence-electron chi connectivity index (χ3n) is 9.00. The number of hydrogen-bond donors (Lipinski definition) is 0. The Morgan fingerprint density at radius 2 is 0.735 bits per heavy atom. The average molecular weight is 628 g/mol. The van der Waals surface area contributed by atoms with Crippen molar-refractivity contribution in [2.24, 2.45) is 0 Å². The quantitative estimate of drug-likeness (QED) is 0.184. The fourth-order valence-electron chi connectivity index (χ4n) is 6.56. The lowest BCUT2D eigenvalue weighted by Crippen LogP contribution is -2.01. The van der Waals surface area contributed by atoms with Crippen molar-refractivity contribution in [2.75, 3.05) is 0 Å². The van der Waals surface area contributed by atoms with Crippen molar-refractivity contribution < 1.29 is 4.42 Å². The number of fused-ring (bicyclic) bond motifs is 3. The van der Waals surface area contributed by atoms with E-state index in [1.54, 1.807) is 0 Å². The second kappa shape index (κ2) is 12.2. The summed E-state index contributed by atoms with van der Waals surface area (Å²) in [6.07, 6.45) is 0. The van der Waals surface area contributed by atoms with Gasteiger partial charge in [-0.15, -0.1) is 0 Å². The monoisotopic (exact) mass is 627 g/mol. The van der Waals surface area contributed by atoms with E-state index in [4.69, 9.17) is 19.4 Å². The minimum Gasteiger partial charge on any atom is -0.456 e. The van der Waals surface area contributed by atoms with Crippen LogP contribution in [0, 0.1) is 0 Å². The molecule has 9 aromatic rings. The molecule has 2 heterocycles. The molecule has 49 heavy (non-hydrogen) atoms. The zero-order chi connectivity index (χ0) is 32.6. The Bertz CT molecular complexity index is 2570. The van der Waals surface area contributed by atoms with E-state index in [2.05, 4.69) is 115 Å². The average Bonchev–Trinajstić information content (AvgIpc) is 3.58. The van der Waals surface area contributed by atoms with Crippen LogP contribution in [0.4, 0.5) is 0 Å². The molecule has 0 N–H and O–H groups in total. The molecule has 4 heteroatoms. The number of hydrogen-bond acceptors (Lipinski definition) is 4. The first kappa shape index (κ1) is 28.6. The number of aromatic nitrogens is 3. The van der Waals surface area contributed by atoms with Crippen LogP contribution in [0.2, 0.25) is 0 Å². The van der Waals surface area contributed by atoms with Gasteiger partial charge in [-0.1, -0.05) is 164 Å². The first-order chi connectivity index (χ1) is 24.3. The molecule has 0 saturated carbocycles. The summed E-state index contributed by atoms with van der Waals surface area (Å²) in [5.74, 6) is 1.92. The standard InChI is InChI=1S/C45H29N3O/c1-3-12-32(13-4-1)36-16-7-8-17-38(36)45-47-43(34-14-5-2-6-15-34)46-44(48-45)35-28-24-31(25-29-35)30-22-26-33(27-23-30)37-19-11-21-41-42(37)39-18-9-10-20-40(39)49-41/h1-29H. The van der Waals surface area contributed by atoms with Crippen molar-refractivity contribution in [3.8, 4) is 67.5 Å². The maximum Gasteiger partial charge on any atom is 0.164 e. The van der Waals surface area contributed by atoms with E-state index in [9.17, 15) is 0 Å². The van der Waals surface area contributed by atoms with Gasteiger partial charge in [-0.25, -0.2) is 15.0 Å². The number of para-hydroxylation sites is 1. The second-order valence-corrected chi connectivity index (χ2v) is 12.0. The zero-order valence-corrected chi connectivity index (χ0v) is 26.5. The van der Waals surface area contributed by atoms with Crippen LogP contribution in [0.1, 0.15) is 0 Å². The predicted octanol–water partition coefficient (Wildman–Crippen LogP) is 11.8. The first-order valence-corrected chi connectivity index (χ1v) is 16.4. The summed E-state index contributed by atoms with van der Waals surface area (Å²) in [4.78, 5) is 15.0. The molecular formula is C45H29N3O. The zero-order valence-electron chi connectivity index (χ0n) is 26.5. The van der Waals surface area contributed by atoms with Gasteiger partial charge in [0.1, 0.15) is 11.2 Å². The molecule has 0 saturated heterocycles. The van der Waals surface area contributed by atoms with Crippen LogP contribution in [-0.4, -0.2) is 15.0 Å². The van der Waals surface area contributed by atoms with Crippen molar-refractivity contribution in [1.82, 2.24) is 15.0 Å². The highest BCUT2D eigenvalue weighted by Crippen LogP contribution is 2.37. The van der Waals surface area contributed by atoms with Crippen LogP contribution >= 0.6 is 0 Å². The van der Waals surface area contributed by atoms with Crippen LogP contribution in [-0.2, 0) is 0 Å². The van der Waals surface area contributed by atoms with E-state index in [1.165, 1.54) is 0 Å². The Morgan fingerprint density at radius 3 is 1.43 bits per heavy atom. The lowest BCUT2D eigenvalue weighted by atomic mass is 9.96. The van der Waals surface area contributed by atoms with Gasteiger partial charge < -0.3 is 4.42 Å². The SMILES string of the molecule is c1ccc(-c2nc(-c3ccc(-c4ccc(-c5cccc6oc7ccccc7c56)cc4)cc3)nc(-c3ccccc3-c3ccccc3)n2)cc1. The van der Waals surface area contributed by atoms with Gasteiger partial charge in [0.15, 0.2) is 17.5 Å². The Morgan fingerprint density at radius 1 is 0.286 bits per heavy atom. The Balaban J connectivity index is 1.08. The van der Waals surface area contributed by atoms with E-state index in [0.717, 1.165) is 72.0 Å². The summed E-state index contributed by atoms with van der Waals surface area (Å²) in [7, 11) is 0. The van der Waals surface area contributed by atoms with Crippen LogP contribution in [0.25, 0.3) is 89.5 Å². The molecule has 0 radical (unpaired) electrons. The highest BCUT2D eigenvalue weighted by Gasteiger charge is 2.16. The van der Waals surface area contributed by atoms with E-state index >= 15 is 0 Å². The molecule has 0 amide bonds. The minimum atomic E-state index is 0.633. The summed E-state index contributed by atoms with van der Waals surface area (Å²) >= 11 is 0. The number of rotatable bonds is 6. The lowest BCUT2D eigenvalue weighted by Gasteiger charge is -2.12. The predicted molar refractivity (Wildman–Crippen MR) is 200 cm³/mol. The normalized spacial score (nSPS) is 11.3. The third kappa shape index (κ3) is 5.35. The van der Waals surface area contributed by atoms with Gasteiger partial charge in [0.2, 0.25) is 0 Å². The van der Waals surface area contributed by atoms with Crippen LogP contribution < -0.4 is 0 Å². The molecule has 0 spiro atoms. The molecule has 0 fully saturated rings. The van der Waals surface area contributed by atoms with Crippen molar-refractivity contribution in [3.63, 3.8) is 0 Å². The minimum absolute atomic E-state index is 0.633. The summed E-state index contributed by atoms with van der Waals surface area (Å²) < 4.78 is 6.13. The van der Waals surface area contributed by atoms with Gasteiger partial charge in [0.25, 0.3) is 0 Å². The molecule has 4 nitrogen and oxygen atoms in total. The van der Waals surface area contributed by atoms with Crippen LogP contribution in [0.15, 0.2) is 180 Å². The Labute approximate surface area is 284 Å². The molecule has 2 aromatic heterocycles. The van der Waals surface area contributed by atoms with Crippen LogP contribution in [0.3, 0.4) is 0 Å². The molecule has 230 valence electrons. The lowest BCUT2D eigenvalue weighted by molar-refractivity contribution is 0.669. The molecular weight excluding hydrogens is 599 g/mol. The molecule has 0 unspecified atom stereocenters. The van der Waals surface area contributed by atoms with Crippen LogP contribution in [0.5, 0.6) is 0 Å². The van der Waals surface area contributed by atoms with E-state index in [0.29, 0.717) is 17.5 Å². The molecule has 0 atom stereocenters. The summed E-state index contributed by atoms with van der Waals surface area (Å²) in [5, 5.41) is 2.28. The maximum absolute atomic E-state index is 6.13. The fraction of sp³-hybridized carbons (Fsp3) is 0. The first-order valence-electron chi connectivity index (χ1n) is 16.4. The third-order valence-corrected chi connectivity index (χ3v) is 9.00. The molecule has 0 bridgehead atoms. The van der Waals surface area contributed by atoms with Crippen molar-refractivity contribution in [3.05, 3.63) is 176 Å². The highest BCUT2D eigenvalue weighted by atomic mass is 16.3. The van der Waals surface area contributed by atoms with E-state index in [-0.39, 0.29) is 0 Å². The van der Waals surface area contributed by atoms with E-state index < -0.39 is 0 Å². The van der Waals surface area contributed by atoms with Gasteiger partial charge in [-0.2, -0.15) is 0 Å².